The first-order valence-corrected chi connectivity index (χ1v) is 8.48. The highest BCUT2D eigenvalue weighted by Gasteiger charge is 2.13. The monoisotopic (exact) mass is 325 g/mol. The second kappa shape index (κ2) is 7.43. The van der Waals surface area contributed by atoms with E-state index in [4.69, 9.17) is 23.8 Å². The minimum absolute atomic E-state index is 0.375. The van der Waals surface area contributed by atoms with Crippen LogP contribution in [0.5, 0.6) is 0 Å². The van der Waals surface area contributed by atoms with Crippen molar-refractivity contribution in [3.8, 4) is 0 Å². The molecule has 1 aromatic heterocycles. The number of imidazole rings is 1. The van der Waals surface area contributed by atoms with Gasteiger partial charge in [0.25, 0.3) is 0 Å². The molecule has 0 aliphatic heterocycles. The topological polar surface area (TPSA) is 24.0 Å². The number of fused-ring (bicyclic) bond motifs is 1. The Morgan fingerprint density at radius 1 is 1.33 bits per heavy atom. The third kappa shape index (κ3) is 3.68. The van der Waals surface area contributed by atoms with Gasteiger partial charge < -0.3 is 14.5 Å². The number of hydrogen-bond donors (Lipinski definition) is 1. The van der Waals surface area contributed by atoms with Crippen LogP contribution >= 0.6 is 23.8 Å². The number of hydrogen-bond acceptors (Lipinski definition) is 2. The fraction of sp³-hybridized carbons (Fsp3) is 0.562. The zero-order valence-corrected chi connectivity index (χ0v) is 14.6. The molecule has 1 atom stereocenters. The van der Waals surface area contributed by atoms with Crippen LogP contribution in [0.25, 0.3) is 11.0 Å². The van der Waals surface area contributed by atoms with E-state index in [2.05, 4.69) is 41.3 Å². The Morgan fingerprint density at radius 3 is 2.71 bits per heavy atom. The Bertz CT molecular complexity index is 642. The summed E-state index contributed by atoms with van der Waals surface area (Å²) in [5, 5.41) is 0.729. The third-order valence-electron chi connectivity index (χ3n) is 4.13. The molecule has 0 saturated carbocycles. The molecule has 1 N–H and O–H groups in total. The molecule has 2 rings (SSSR count). The number of aromatic amines is 1. The van der Waals surface area contributed by atoms with Crippen molar-refractivity contribution < 1.29 is 0 Å². The van der Waals surface area contributed by atoms with E-state index in [9.17, 15) is 0 Å². The number of aromatic nitrogens is 2. The molecule has 1 heterocycles. The molecule has 1 unspecified atom stereocenters. The summed E-state index contributed by atoms with van der Waals surface area (Å²) in [7, 11) is 0. The van der Waals surface area contributed by atoms with Crippen molar-refractivity contribution in [2.24, 2.45) is 0 Å². The Hall–Kier alpha value is -0.840. The maximum absolute atomic E-state index is 6.23. The molecule has 116 valence electrons. The van der Waals surface area contributed by atoms with Crippen LogP contribution in [0.15, 0.2) is 18.2 Å². The van der Waals surface area contributed by atoms with E-state index in [1.54, 1.807) is 0 Å². The molecule has 0 amide bonds. The lowest BCUT2D eigenvalue weighted by Crippen LogP contribution is -2.24. The lowest BCUT2D eigenvalue weighted by molar-refractivity contribution is 0.288. The summed E-state index contributed by atoms with van der Waals surface area (Å²) in [5.41, 5.74) is 2.04. The van der Waals surface area contributed by atoms with Crippen LogP contribution in [0, 0.1) is 4.77 Å². The molecule has 0 bridgehead atoms. The third-order valence-corrected chi connectivity index (χ3v) is 4.75. The van der Waals surface area contributed by atoms with Crippen molar-refractivity contribution in [2.75, 3.05) is 19.6 Å². The van der Waals surface area contributed by atoms with Gasteiger partial charge in [-0.1, -0.05) is 31.5 Å². The van der Waals surface area contributed by atoms with Gasteiger partial charge in [0.15, 0.2) is 4.77 Å². The normalized spacial score (nSPS) is 13.2. The van der Waals surface area contributed by atoms with Crippen LogP contribution in [0.4, 0.5) is 0 Å². The summed E-state index contributed by atoms with van der Waals surface area (Å²) in [6.07, 6.45) is 2.29. The van der Waals surface area contributed by atoms with Gasteiger partial charge >= 0.3 is 0 Å². The number of benzene rings is 1. The van der Waals surface area contributed by atoms with Crippen LogP contribution in [-0.4, -0.2) is 34.1 Å². The molecular formula is C16H24ClN3S. The predicted octanol–water partition coefficient (Wildman–Crippen LogP) is 5.04. The summed E-state index contributed by atoms with van der Waals surface area (Å²) < 4.78 is 2.95. The van der Waals surface area contributed by atoms with Gasteiger partial charge in [-0.3, -0.25) is 0 Å². The average Bonchev–Trinajstić information content (AvgIpc) is 2.81. The van der Waals surface area contributed by atoms with E-state index < -0.39 is 0 Å². The Balaban J connectivity index is 2.13. The highest BCUT2D eigenvalue weighted by atomic mass is 35.5. The van der Waals surface area contributed by atoms with Gasteiger partial charge in [-0.2, -0.15) is 0 Å². The first-order valence-electron chi connectivity index (χ1n) is 7.69. The van der Waals surface area contributed by atoms with E-state index >= 15 is 0 Å². The van der Waals surface area contributed by atoms with Crippen molar-refractivity contribution in [2.45, 2.75) is 39.7 Å². The van der Waals surface area contributed by atoms with Gasteiger partial charge in [0, 0.05) is 6.04 Å². The van der Waals surface area contributed by atoms with Crippen molar-refractivity contribution in [3.05, 3.63) is 28.0 Å². The number of para-hydroxylation sites is 1. The first kappa shape index (κ1) is 16.5. The highest BCUT2D eigenvalue weighted by molar-refractivity contribution is 7.71. The number of rotatable bonds is 7. The molecule has 0 aliphatic rings. The predicted molar refractivity (Wildman–Crippen MR) is 93.9 cm³/mol. The van der Waals surface area contributed by atoms with E-state index in [1.807, 2.05) is 12.1 Å². The van der Waals surface area contributed by atoms with Crippen LogP contribution in [-0.2, 0) is 0 Å². The van der Waals surface area contributed by atoms with Crippen molar-refractivity contribution in [1.29, 1.82) is 0 Å². The minimum Gasteiger partial charge on any atom is -0.329 e. The molecule has 3 nitrogen and oxygen atoms in total. The van der Waals surface area contributed by atoms with Crippen molar-refractivity contribution in [3.63, 3.8) is 0 Å². The molecule has 5 heteroatoms. The number of H-pyrrole nitrogens is 1. The standard InChI is InChI=1S/C16H24ClN3S/c1-4-19(5-2)11-7-8-12(3)20-14-10-6-9-13(17)15(14)18-16(20)21/h6,9-10,12H,4-5,7-8,11H2,1-3H3,(H,18,21). The van der Waals surface area contributed by atoms with Crippen molar-refractivity contribution >= 4 is 34.9 Å². The van der Waals surface area contributed by atoms with Gasteiger partial charge in [-0.25, -0.2) is 0 Å². The summed E-state index contributed by atoms with van der Waals surface area (Å²) in [6, 6.07) is 6.33. The largest absolute Gasteiger partial charge is 0.329 e. The number of nitrogens with zero attached hydrogens (tertiary/aromatic N) is 2. The molecule has 0 radical (unpaired) electrons. The molecule has 0 saturated heterocycles. The molecule has 0 fully saturated rings. The maximum atomic E-state index is 6.23. The van der Waals surface area contributed by atoms with Crippen LogP contribution in [0.3, 0.4) is 0 Å². The van der Waals surface area contributed by atoms with E-state index in [-0.39, 0.29) is 0 Å². The summed E-state index contributed by atoms with van der Waals surface area (Å²) in [5.74, 6) is 0. The van der Waals surface area contributed by atoms with Crippen molar-refractivity contribution in [1.82, 2.24) is 14.5 Å². The Labute approximate surface area is 136 Å². The molecule has 2 aromatic rings. The zero-order valence-electron chi connectivity index (χ0n) is 13.0. The van der Waals surface area contributed by atoms with Gasteiger partial charge in [-0.05, 0) is 63.8 Å². The molecule has 0 aliphatic carbocycles. The highest BCUT2D eigenvalue weighted by Crippen LogP contribution is 2.26. The lowest BCUT2D eigenvalue weighted by Gasteiger charge is -2.20. The summed E-state index contributed by atoms with van der Waals surface area (Å²) >= 11 is 11.7. The van der Waals surface area contributed by atoms with E-state index in [1.165, 1.54) is 6.42 Å². The summed E-state index contributed by atoms with van der Waals surface area (Å²) in [4.78, 5) is 5.69. The van der Waals surface area contributed by atoms with Crippen LogP contribution in [0.2, 0.25) is 5.02 Å². The van der Waals surface area contributed by atoms with Gasteiger partial charge in [0.1, 0.15) is 0 Å². The Kier molecular flexibility index (Phi) is 5.85. The molecule has 21 heavy (non-hydrogen) atoms. The van der Waals surface area contributed by atoms with Gasteiger partial charge in [0.2, 0.25) is 0 Å². The van der Waals surface area contributed by atoms with E-state index in [0.717, 1.165) is 46.9 Å². The number of halogens is 1. The number of nitrogens with one attached hydrogen (secondary N) is 1. The van der Waals surface area contributed by atoms with Gasteiger partial charge in [-0.15, -0.1) is 0 Å². The first-order chi connectivity index (χ1) is 10.1. The fourth-order valence-electron chi connectivity index (χ4n) is 2.83. The minimum atomic E-state index is 0.375. The average molecular weight is 326 g/mol. The lowest BCUT2D eigenvalue weighted by atomic mass is 10.1. The quantitative estimate of drug-likeness (QED) is 0.721. The van der Waals surface area contributed by atoms with E-state index in [0.29, 0.717) is 6.04 Å². The molecule has 0 spiro atoms. The smallest absolute Gasteiger partial charge is 0.178 e. The SMILES string of the molecule is CCN(CC)CCCC(C)n1c(=S)[nH]c2c(Cl)cccc21. The van der Waals surface area contributed by atoms with Crippen LogP contribution < -0.4 is 0 Å². The second-order valence-electron chi connectivity index (χ2n) is 5.45. The maximum Gasteiger partial charge on any atom is 0.178 e. The fourth-order valence-corrected chi connectivity index (χ4v) is 3.43. The second-order valence-corrected chi connectivity index (χ2v) is 6.25. The molecule has 1 aromatic carbocycles. The Morgan fingerprint density at radius 2 is 2.05 bits per heavy atom. The van der Waals surface area contributed by atoms with Gasteiger partial charge in [0.05, 0.1) is 16.1 Å². The molecular weight excluding hydrogens is 302 g/mol. The summed E-state index contributed by atoms with van der Waals surface area (Å²) in [6.45, 7) is 10.0. The zero-order chi connectivity index (χ0) is 15.4. The van der Waals surface area contributed by atoms with Crippen LogP contribution in [0.1, 0.15) is 39.7 Å².